The Hall–Kier alpha value is -4.20. The highest BCUT2D eigenvalue weighted by atomic mass is 32.1. The first-order chi connectivity index (χ1) is 18.2. The molecule has 0 saturated carbocycles. The van der Waals surface area contributed by atoms with Crippen molar-refractivity contribution in [1.29, 1.82) is 0 Å². The SMILES string of the molecule is CCOC(=O)C[C@H](NC(=O)CNC(=O)CCCCN(S)C(=O)Nc1ccccc1[N+](=O)[O-])c1cccnc1. The van der Waals surface area contributed by atoms with Crippen LogP contribution in [0.2, 0.25) is 0 Å². The lowest BCUT2D eigenvalue weighted by Crippen LogP contribution is -2.39. The first-order valence-electron chi connectivity index (χ1n) is 11.8. The van der Waals surface area contributed by atoms with Crippen molar-refractivity contribution in [3.63, 3.8) is 0 Å². The van der Waals surface area contributed by atoms with E-state index in [0.29, 0.717) is 18.4 Å². The molecule has 0 aliphatic heterocycles. The molecule has 1 aromatic carbocycles. The van der Waals surface area contributed by atoms with Crippen LogP contribution in [0.15, 0.2) is 48.8 Å². The molecular weight excluding hydrogens is 516 g/mol. The van der Waals surface area contributed by atoms with Crippen molar-refractivity contribution in [1.82, 2.24) is 19.9 Å². The second kappa shape index (κ2) is 15.8. The quantitative estimate of drug-likeness (QED) is 0.0920. The number of nitrogens with zero attached hydrogens (tertiary/aromatic N) is 3. The van der Waals surface area contributed by atoms with Gasteiger partial charge in [-0.3, -0.25) is 33.8 Å². The summed E-state index contributed by atoms with van der Waals surface area (Å²) < 4.78 is 6.02. The largest absolute Gasteiger partial charge is 0.466 e. The number of ether oxygens (including phenoxy) is 1. The van der Waals surface area contributed by atoms with Gasteiger partial charge in [0.2, 0.25) is 11.8 Å². The molecule has 1 aromatic heterocycles. The number of hydrogen-bond acceptors (Lipinski definition) is 9. The van der Waals surface area contributed by atoms with E-state index in [1.54, 1.807) is 31.3 Å². The first kappa shape index (κ1) is 30.0. The van der Waals surface area contributed by atoms with Crippen LogP contribution in [0.25, 0.3) is 0 Å². The maximum atomic E-state index is 12.4. The van der Waals surface area contributed by atoms with Gasteiger partial charge in [-0.2, -0.15) is 0 Å². The Kier molecular flexibility index (Phi) is 12.5. The smallest absolute Gasteiger partial charge is 0.331 e. The zero-order valence-electron chi connectivity index (χ0n) is 20.8. The Morgan fingerprint density at radius 2 is 1.89 bits per heavy atom. The van der Waals surface area contributed by atoms with Crippen LogP contribution in [0.5, 0.6) is 0 Å². The molecule has 14 heteroatoms. The number of unbranched alkanes of at least 4 members (excludes halogenated alkanes) is 1. The van der Waals surface area contributed by atoms with Gasteiger partial charge in [-0.25, -0.2) is 4.79 Å². The van der Waals surface area contributed by atoms with E-state index in [-0.39, 0.29) is 49.8 Å². The molecular formula is C24H30N6O7S. The molecule has 1 atom stereocenters. The Bertz CT molecular complexity index is 1120. The van der Waals surface area contributed by atoms with Crippen molar-refractivity contribution >= 4 is 48.0 Å². The number of nitrogens with one attached hydrogen (secondary N) is 3. The lowest BCUT2D eigenvalue weighted by atomic mass is 10.1. The molecule has 0 saturated heterocycles. The van der Waals surface area contributed by atoms with Crippen LogP contribution < -0.4 is 16.0 Å². The van der Waals surface area contributed by atoms with Crippen molar-refractivity contribution in [3.05, 3.63) is 64.5 Å². The Labute approximate surface area is 225 Å². The summed E-state index contributed by atoms with van der Waals surface area (Å²) in [7, 11) is 0. The summed E-state index contributed by atoms with van der Waals surface area (Å²) >= 11 is 4.09. The zero-order valence-corrected chi connectivity index (χ0v) is 21.7. The second-order valence-corrected chi connectivity index (χ2v) is 8.46. The normalized spacial score (nSPS) is 11.1. The molecule has 0 unspecified atom stereocenters. The lowest BCUT2D eigenvalue weighted by molar-refractivity contribution is -0.383. The third kappa shape index (κ3) is 10.4. The number of rotatable bonds is 14. The van der Waals surface area contributed by atoms with Crippen LogP contribution in [-0.2, 0) is 19.1 Å². The standard InChI is InChI=1S/C24H30N6O7S/c1-2-37-23(33)14-19(17-8-7-12-25-15-17)27-22(32)16-26-21(31)11-5-6-13-29(38)24(34)28-18-9-3-4-10-20(18)30(35)36/h3-4,7-10,12,15,19,38H,2,5-6,11,13-14,16H2,1H3,(H,26,31)(H,27,32)(H,28,34)/t19-/m0/s1. The van der Waals surface area contributed by atoms with Crippen molar-refractivity contribution in [2.75, 3.05) is 25.0 Å². The average Bonchev–Trinajstić information content (AvgIpc) is 2.90. The first-order valence-corrected chi connectivity index (χ1v) is 12.2. The van der Waals surface area contributed by atoms with Gasteiger partial charge in [0, 0.05) is 31.4 Å². The molecule has 0 aliphatic carbocycles. The summed E-state index contributed by atoms with van der Waals surface area (Å²) in [5, 5.41) is 18.7. The number of nitro benzene ring substituents is 1. The molecule has 0 spiro atoms. The highest BCUT2D eigenvalue weighted by Gasteiger charge is 2.20. The third-order valence-electron chi connectivity index (χ3n) is 5.14. The number of hydrogen-bond donors (Lipinski definition) is 4. The lowest BCUT2D eigenvalue weighted by Gasteiger charge is -2.18. The van der Waals surface area contributed by atoms with Gasteiger partial charge in [-0.1, -0.05) is 31.0 Å². The molecule has 0 bridgehead atoms. The minimum atomic E-state index is -0.656. The number of esters is 1. The number of carbonyl (C=O) groups is 4. The number of thiol groups is 1. The number of amides is 4. The van der Waals surface area contributed by atoms with Gasteiger partial charge < -0.3 is 20.7 Å². The van der Waals surface area contributed by atoms with Crippen LogP contribution in [-0.4, -0.2) is 57.7 Å². The Morgan fingerprint density at radius 3 is 2.58 bits per heavy atom. The summed E-state index contributed by atoms with van der Waals surface area (Å²) in [6, 6.07) is 7.84. The maximum Gasteiger partial charge on any atom is 0.331 e. The van der Waals surface area contributed by atoms with E-state index in [9.17, 15) is 29.3 Å². The molecule has 38 heavy (non-hydrogen) atoms. The summed E-state index contributed by atoms with van der Waals surface area (Å²) in [5.74, 6) is -1.32. The molecule has 1 heterocycles. The van der Waals surface area contributed by atoms with Crippen molar-refractivity contribution in [2.45, 2.75) is 38.6 Å². The van der Waals surface area contributed by atoms with Crippen LogP contribution in [0.4, 0.5) is 16.2 Å². The predicted octanol–water partition coefficient (Wildman–Crippen LogP) is 2.77. The summed E-state index contributed by atoms with van der Waals surface area (Å²) in [6.45, 7) is 1.81. The van der Waals surface area contributed by atoms with E-state index < -0.39 is 28.9 Å². The predicted molar refractivity (Wildman–Crippen MR) is 141 cm³/mol. The molecule has 4 amide bonds. The fraction of sp³-hybridized carbons (Fsp3) is 0.375. The van der Waals surface area contributed by atoms with Gasteiger partial charge in [0.25, 0.3) is 5.69 Å². The highest BCUT2D eigenvalue weighted by Crippen LogP contribution is 2.23. The summed E-state index contributed by atoms with van der Waals surface area (Å²) in [4.78, 5) is 63.1. The van der Waals surface area contributed by atoms with Crippen LogP contribution in [0.1, 0.15) is 44.2 Å². The number of carbonyl (C=O) groups excluding carboxylic acids is 4. The molecule has 2 rings (SSSR count). The molecule has 13 nitrogen and oxygen atoms in total. The minimum absolute atomic E-state index is 0.0484. The molecule has 0 radical (unpaired) electrons. The van der Waals surface area contributed by atoms with E-state index >= 15 is 0 Å². The monoisotopic (exact) mass is 546 g/mol. The Balaban J connectivity index is 1.72. The van der Waals surface area contributed by atoms with Gasteiger partial charge in [-0.05, 0) is 37.5 Å². The van der Waals surface area contributed by atoms with Gasteiger partial charge >= 0.3 is 12.0 Å². The third-order valence-corrected chi connectivity index (χ3v) is 5.53. The topological polar surface area (TPSA) is 173 Å². The van der Waals surface area contributed by atoms with Crippen LogP contribution in [0, 0.1) is 10.1 Å². The van der Waals surface area contributed by atoms with E-state index in [1.165, 1.54) is 24.4 Å². The number of nitro groups is 1. The van der Waals surface area contributed by atoms with Crippen LogP contribution in [0.3, 0.4) is 0 Å². The molecule has 204 valence electrons. The van der Waals surface area contributed by atoms with Gasteiger partial charge in [0.15, 0.2) is 0 Å². The van der Waals surface area contributed by atoms with Crippen molar-refractivity contribution in [3.8, 4) is 0 Å². The summed E-state index contributed by atoms with van der Waals surface area (Å²) in [5.41, 5.74) is 0.436. The fourth-order valence-electron chi connectivity index (χ4n) is 3.30. The number of para-hydroxylation sites is 2. The van der Waals surface area contributed by atoms with E-state index in [4.69, 9.17) is 4.74 Å². The maximum absolute atomic E-state index is 12.4. The number of benzene rings is 1. The average molecular weight is 547 g/mol. The van der Waals surface area contributed by atoms with Gasteiger partial charge in [0.1, 0.15) is 5.69 Å². The minimum Gasteiger partial charge on any atom is -0.466 e. The van der Waals surface area contributed by atoms with Gasteiger partial charge in [0.05, 0.1) is 30.5 Å². The van der Waals surface area contributed by atoms with Crippen LogP contribution >= 0.6 is 12.8 Å². The van der Waals surface area contributed by atoms with E-state index in [1.807, 2.05) is 0 Å². The molecule has 3 N–H and O–H groups in total. The second-order valence-electron chi connectivity index (χ2n) is 7.98. The Morgan fingerprint density at radius 1 is 1.13 bits per heavy atom. The number of aromatic nitrogens is 1. The molecule has 2 aromatic rings. The zero-order chi connectivity index (χ0) is 27.9. The number of urea groups is 1. The fourth-order valence-corrected chi connectivity index (χ4v) is 3.49. The van der Waals surface area contributed by atoms with E-state index in [0.717, 1.165) is 4.31 Å². The van der Waals surface area contributed by atoms with Crippen molar-refractivity contribution in [2.24, 2.45) is 0 Å². The number of pyridine rings is 1. The highest BCUT2D eigenvalue weighted by molar-refractivity contribution is 7.78. The number of anilines is 1. The molecule has 0 aliphatic rings. The van der Waals surface area contributed by atoms with Gasteiger partial charge in [-0.15, -0.1) is 0 Å². The van der Waals surface area contributed by atoms with Crippen molar-refractivity contribution < 1.29 is 28.8 Å². The molecule has 0 fully saturated rings. The summed E-state index contributed by atoms with van der Waals surface area (Å²) in [6.07, 6.45) is 3.97. The van der Waals surface area contributed by atoms with E-state index in [2.05, 4.69) is 33.7 Å².